The van der Waals surface area contributed by atoms with Gasteiger partial charge in [0.05, 0.1) is 17.8 Å². The number of aryl methyl sites for hydroxylation is 1. The lowest BCUT2D eigenvalue weighted by atomic mass is 10.2. The summed E-state index contributed by atoms with van der Waals surface area (Å²) in [5, 5.41) is 1.41. The predicted octanol–water partition coefficient (Wildman–Crippen LogP) is 1.09. The van der Waals surface area contributed by atoms with Crippen molar-refractivity contribution in [1.29, 1.82) is 0 Å². The van der Waals surface area contributed by atoms with Crippen molar-refractivity contribution in [2.75, 3.05) is 12.3 Å². The van der Waals surface area contributed by atoms with Crippen molar-refractivity contribution < 1.29 is 9.53 Å². The van der Waals surface area contributed by atoms with E-state index in [0.29, 0.717) is 34.2 Å². The number of hydrogen-bond donors (Lipinski definition) is 3. The highest BCUT2D eigenvalue weighted by molar-refractivity contribution is 5.89. The number of carbonyl (C=O) groups excluding carboxylic acids is 1. The van der Waals surface area contributed by atoms with Crippen molar-refractivity contribution in [3.63, 3.8) is 0 Å². The highest BCUT2D eigenvalue weighted by atomic mass is 16.5. The molecule has 0 atom stereocenters. The van der Waals surface area contributed by atoms with Crippen LogP contribution >= 0.6 is 0 Å². The first-order valence-electron chi connectivity index (χ1n) is 7.66. The molecule has 0 saturated heterocycles. The summed E-state index contributed by atoms with van der Waals surface area (Å²) < 4.78 is 5.20. The molecule has 132 valence electrons. The Morgan fingerprint density at radius 1 is 1.28 bits per heavy atom. The predicted molar refractivity (Wildman–Crippen MR) is 94.5 cm³/mol. The van der Waals surface area contributed by atoms with E-state index >= 15 is 0 Å². The molecule has 1 aromatic carbocycles. The molecular formula is C17H22N6O2. The van der Waals surface area contributed by atoms with E-state index in [4.69, 9.17) is 22.0 Å². The van der Waals surface area contributed by atoms with Gasteiger partial charge < -0.3 is 21.2 Å². The molecule has 1 heterocycles. The lowest BCUT2D eigenvalue weighted by molar-refractivity contribution is 0.0536. The average Bonchev–Trinajstić information content (AvgIpc) is 2.61. The molecule has 0 amide bonds. The number of nitrogen functional groups attached to an aromatic ring is 1. The van der Waals surface area contributed by atoms with Crippen molar-refractivity contribution in [2.24, 2.45) is 11.6 Å². The van der Waals surface area contributed by atoms with Crippen LogP contribution in [0.15, 0.2) is 47.9 Å². The molecule has 0 fully saturated rings. The number of benzene rings is 1. The number of hydrazine groups is 1. The fourth-order valence-electron chi connectivity index (χ4n) is 2.03. The first-order valence-corrected chi connectivity index (χ1v) is 7.66. The molecular weight excluding hydrogens is 320 g/mol. The van der Waals surface area contributed by atoms with E-state index in [1.165, 1.54) is 5.01 Å². The Hall–Kier alpha value is -3.13. The summed E-state index contributed by atoms with van der Waals surface area (Å²) in [6.45, 7) is 3.71. The van der Waals surface area contributed by atoms with Crippen LogP contribution in [0.25, 0.3) is 0 Å². The van der Waals surface area contributed by atoms with Gasteiger partial charge in [-0.3, -0.25) is 0 Å². The van der Waals surface area contributed by atoms with Gasteiger partial charge >= 0.3 is 5.97 Å². The SMILES string of the molecule is C/C(=C(/N)COC(=O)c1ccccc1)N(N)Cc1cnc(C)nc1N. The summed E-state index contributed by atoms with van der Waals surface area (Å²) in [7, 11) is 0. The largest absolute Gasteiger partial charge is 0.456 e. The summed E-state index contributed by atoms with van der Waals surface area (Å²) in [6.07, 6.45) is 1.62. The monoisotopic (exact) mass is 342 g/mol. The van der Waals surface area contributed by atoms with Gasteiger partial charge in [-0.1, -0.05) is 18.2 Å². The van der Waals surface area contributed by atoms with Crippen molar-refractivity contribution in [3.8, 4) is 0 Å². The second-order valence-corrected chi connectivity index (χ2v) is 5.51. The zero-order valence-corrected chi connectivity index (χ0v) is 14.3. The van der Waals surface area contributed by atoms with Gasteiger partial charge in [0.15, 0.2) is 0 Å². The molecule has 0 aliphatic carbocycles. The van der Waals surface area contributed by atoms with Crippen LogP contribution < -0.4 is 17.3 Å². The Labute approximate surface area is 146 Å². The van der Waals surface area contributed by atoms with Crippen LogP contribution in [0.3, 0.4) is 0 Å². The lowest BCUT2D eigenvalue weighted by Gasteiger charge is -2.21. The second kappa shape index (κ2) is 8.11. The number of nitrogens with two attached hydrogens (primary N) is 3. The minimum atomic E-state index is -0.448. The molecule has 2 rings (SSSR count). The molecule has 0 aliphatic heterocycles. The van der Waals surface area contributed by atoms with Gasteiger partial charge in [-0.15, -0.1) is 0 Å². The molecule has 0 bridgehead atoms. The molecule has 2 aromatic rings. The molecule has 0 aliphatic rings. The number of rotatable bonds is 6. The fourth-order valence-corrected chi connectivity index (χ4v) is 2.03. The number of aromatic nitrogens is 2. The number of esters is 1. The second-order valence-electron chi connectivity index (χ2n) is 5.51. The first kappa shape index (κ1) is 18.2. The van der Waals surface area contributed by atoms with Crippen molar-refractivity contribution >= 4 is 11.8 Å². The summed E-state index contributed by atoms with van der Waals surface area (Å²) in [6, 6.07) is 8.68. The lowest BCUT2D eigenvalue weighted by Crippen LogP contribution is -2.32. The van der Waals surface area contributed by atoms with Gasteiger partial charge in [0.25, 0.3) is 0 Å². The Morgan fingerprint density at radius 3 is 2.60 bits per heavy atom. The van der Waals surface area contributed by atoms with E-state index in [1.807, 2.05) is 6.07 Å². The van der Waals surface area contributed by atoms with Gasteiger partial charge in [-0.05, 0) is 26.0 Å². The Kier molecular flexibility index (Phi) is 5.91. The maximum Gasteiger partial charge on any atom is 0.338 e. The Balaban J connectivity index is 1.98. The highest BCUT2D eigenvalue weighted by Crippen LogP contribution is 2.13. The van der Waals surface area contributed by atoms with Crippen molar-refractivity contribution in [1.82, 2.24) is 15.0 Å². The average molecular weight is 342 g/mol. The zero-order valence-electron chi connectivity index (χ0n) is 14.3. The van der Waals surface area contributed by atoms with Crippen molar-refractivity contribution in [2.45, 2.75) is 20.4 Å². The Bertz CT molecular complexity index is 776. The smallest absolute Gasteiger partial charge is 0.338 e. The van der Waals surface area contributed by atoms with Gasteiger partial charge in [0.1, 0.15) is 18.2 Å². The van der Waals surface area contributed by atoms with E-state index in [0.717, 1.165) is 0 Å². The van der Waals surface area contributed by atoms with Gasteiger partial charge in [-0.25, -0.2) is 20.6 Å². The number of anilines is 1. The molecule has 0 saturated carbocycles. The molecule has 8 heteroatoms. The van der Waals surface area contributed by atoms with Crippen LogP contribution in [-0.2, 0) is 11.3 Å². The minimum absolute atomic E-state index is 0.0624. The van der Waals surface area contributed by atoms with Gasteiger partial charge in [0.2, 0.25) is 0 Å². The summed E-state index contributed by atoms with van der Waals surface area (Å²) in [5.41, 5.74) is 13.9. The fraction of sp³-hybridized carbons (Fsp3) is 0.235. The molecule has 0 unspecified atom stereocenters. The molecule has 1 aromatic heterocycles. The summed E-state index contributed by atoms with van der Waals surface area (Å²) in [5.74, 6) is 6.52. The van der Waals surface area contributed by atoms with E-state index < -0.39 is 5.97 Å². The third-order valence-corrected chi connectivity index (χ3v) is 3.62. The Morgan fingerprint density at radius 2 is 1.96 bits per heavy atom. The number of hydrogen-bond acceptors (Lipinski definition) is 8. The van der Waals surface area contributed by atoms with Crippen LogP contribution in [-0.4, -0.2) is 27.6 Å². The van der Waals surface area contributed by atoms with Crippen LogP contribution in [0, 0.1) is 6.92 Å². The third-order valence-electron chi connectivity index (χ3n) is 3.62. The normalized spacial score (nSPS) is 11.6. The van der Waals surface area contributed by atoms with Crippen LogP contribution in [0.5, 0.6) is 0 Å². The van der Waals surface area contributed by atoms with E-state index in [9.17, 15) is 4.79 Å². The van der Waals surface area contributed by atoms with Gasteiger partial charge in [-0.2, -0.15) is 0 Å². The van der Waals surface area contributed by atoms with Crippen molar-refractivity contribution in [3.05, 3.63) is 64.9 Å². The maximum atomic E-state index is 11.9. The molecule has 0 spiro atoms. The number of ether oxygens (including phenoxy) is 1. The first-order chi connectivity index (χ1) is 11.9. The van der Waals surface area contributed by atoms with Crippen LogP contribution in [0.2, 0.25) is 0 Å². The summed E-state index contributed by atoms with van der Waals surface area (Å²) in [4.78, 5) is 20.1. The molecule has 0 radical (unpaired) electrons. The number of nitrogens with zero attached hydrogens (tertiary/aromatic N) is 3. The van der Waals surface area contributed by atoms with E-state index in [-0.39, 0.29) is 13.2 Å². The molecule has 6 N–H and O–H groups in total. The number of allylic oxidation sites excluding steroid dienone is 1. The highest BCUT2D eigenvalue weighted by Gasteiger charge is 2.12. The maximum absolute atomic E-state index is 11.9. The van der Waals surface area contributed by atoms with Gasteiger partial charge in [0, 0.05) is 17.5 Å². The third kappa shape index (κ3) is 4.92. The molecule has 25 heavy (non-hydrogen) atoms. The quantitative estimate of drug-likeness (QED) is 0.403. The van der Waals surface area contributed by atoms with E-state index in [1.54, 1.807) is 44.3 Å². The zero-order chi connectivity index (χ0) is 18.4. The minimum Gasteiger partial charge on any atom is -0.456 e. The molecule has 8 nitrogen and oxygen atoms in total. The number of carbonyl (C=O) groups is 1. The topological polar surface area (TPSA) is 133 Å². The summed E-state index contributed by atoms with van der Waals surface area (Å²) >= 11 is 0. The van der Waals surface area contributed by atoms with Crippen LogP contribution in [0.1, 0.15) is 28.7 Å². The standard InChI is InChI=1S/C17H22N6O2/c1-11(23(20)9-14-8-21-12(2)22-16(14)19)15(18)10-25-17(24)13-6-4-3-5-7-13/h3-8H,9-10,18,20H2,1-2H3,(H2,19,21,22)/b15-11-. The van der Waals surface area contributed by atoms with E-state index in [2.05, 4.69) is 9.97 Å². The van der Waals surface area contributed by atoms with Crippen LogP contribution in [0.4, 0.5) is 5.82 Å².